The molecule has 0 saturated carbocycles. The van der Waals surface area contributed by atoms with Gasteiger partial charge in [0.1, 0.15) is 17.1 Å². The molecule has 0 spiro atoms. The maximum absolute atomic E-state index is 11.3. The van der Waals surface area contributed by atoms with Gasteiger partial charge in [0.15, 0.2) is 0 Å². The van der Waals surface area contributed by atoms with Crippen molar-refractivity contribution in [3.8, 4) is 11.5 Å². The summed E-state index contributed by atoms with van der Waals surface area (Å²) in [6.07, 6.45) is 0.862. The van der Waals surface area contributed by atoms with E-state index in [2.05, 4.69) is 0 Å². The fourth-order valence-electron chi connectivity index (χ4n) is 2.18. The smallest absolute Gasteiger partial charge is 0.306 e. The fourth-order valence-corrected chi connectivity index (χ4v) is 2.18. The molecule has 2 rings (SSSR count). The Morgan fingerprint density at radius 1 is 1.41 bits per heavy atom. The first-order valence-electron chi connectivity index (χ1n) is 5.61. The van der Waals surface area contributed by atoms with Gasteiger partial charge >= 0.3 is 5.97 Å². The molecule has 1 aliphatic heterocycles. The Balaban J connectivity index is 2.21. The molecule has 1 fully saturated rings. The van der Waals surface area contributed by atoms with Crippen molar-refractivity contribution in [3.05, 3.63) is 23.8 Å². The first-order valence-corrected chi connectivity index (χ1v) is 5.61. The minimum Gasteiger partial charge on any atom is -0.508 e. The molecule has 0 aliphatic carbocycles. The van der Waals surface area contributed by atoms with Crippen molar-refractivity contribution in [1.29, 1.82) is 0 Å². The number of esters is 1. The van der Waals surface area contributed by atoms with Gasteiger partial charge in [-0.25, -0.2) is 0 Å². The van der Waals surface area contributed by atoms with E-state index in [9.17, 15) is 15.0 Å². The van der Waals surface area contributed by atoms with Crippen molar-refractivity contribution in [1.82, 2.24) is 0 Å². The summed E-state index contributed by atoms with van der Waals surface area (Å²) >= 11 is 0. The van der Waals surface area contributed by atoms with E-state index in [4.69, 9.17) is 4.74 Å². The molecule has 1 saturated heterocycles. The third-order valence-electron chi connectivity index (χ3n) is 3.30. The molecule has 92 valence electrons. The number of hydrogen-bond donors (Lipinski definition) is 2. The zero-order valence-electron chi connectivity index (χ0n) is 9.93. The predicted octanol–water partition coefficient (Wildman–Crippen LogP) is 1.98. The van der Waals surface area contributed by atoms with Gasteiger partial charge in [0.25, 0.3) is 0 Å². The van der Waals surface area contributed by atoms with E-state index < -0.39 is 5.60 Å². The van der Waals surface area contributed by atoms with Gasteiger partial charge in [-0.2, -0.15) is 0 Å². The van der Waals surface area contributed by atoms with E-state index in [-0.39, 0.29) is 23.4 Å². The number of carbonyl (C=O) groups excluding carboxylic acids is 1. The molecule has 1 unspecified atom stereocenters. The highest BCUT2D eigenvalue weighted by Gasteiger charge is 2.41. The van der Waals surface area contributed by atoms with Crippen molar-refractivity contribution < 1.29 is 19.7 Å². The zero-order chi connectivity index (χ0) is 12.6. The molecule has 1 atom stereocenters. The van der Waals surface area contributed by atoms with E-state index in [1.165, 1.54) is 18.2 Å². The quantitative estimate of drug-likeness (QED) is 0.608. The van der Waals surface area contributed by atoms with Gasteiger partial charge in [-0.3, -0.25) is 4.79 Å². The van der Waals surface area contributed by atoms with Crippen LogP contribution in [0.1, 0.15) is 25.8 Å². The molecule has 0 aromatic heterocycles. The molecule has 1 heterocycles. The molecule has 0 amide bonds. The summed E-state index contributed by atoms with van der Waals surface area (Å²) in [5.41, 5.74) is 0.121. The second-order valence-corrected chi connectivity index (χ2v) is 5.00. The van der Waals surface area contributed by atoms with Crippen LogP contribution in [0, 0.1) is 5.92 Å². The summed E-state index contributed by atoms with van der Waals surface area (Å²) in [7, 11) is 0. The average molecular weight is 236 g/mol. The highest BCUT2D eigenvalue weighted by Crippen LogP contribution is 2.37. The van der Waals surface area contributed by atoms with E-state index in [0.717, 1.165) is 0 Å². The largest absolute Gasteiger partial charge is 0.508 e. The Hall–Kier alpha value is -1.71. The van der Waals surface area contributed by atoms with Crippen LogP contribution in [0.15, 0.2) is 18.2 Å². The Kier molecular flexibility index (Phi) is 2.73. The summed E-state index contributed by atoms with van der Waals surface area (Å²) in [6.45, 7) is 3.73. The maximum Gasteiger partial charge on any atom is 0.306 e. The van der Waals surface area contributed by atoms with E-state index in [1.54, 1.807) is 0 Å². The van der Waals surface area contributed by atoms with Crippen molar-refractivity contribution in [3.63, 3.8) is 0 Å². The number of aromatic hydroxyl groups is 2. The molecular weight excluding hydrogens is 220 g/mol. The molecule has 0 radical (unpaired) electrons. The van der Waals surface area contributed by atoms with Gasteiger partial charge in [0, 0.05) is 5.92 Å². The molecule has 4 nitrogen and oxygen atoms in total. The summed E-state index contributed by atoms with van der Waals surface area (Å²) in [4.78, 5) is 11.3. The molecular formula is C13H16O4. The normalized spacial score (nSPS) is 22.5. The lowest BCUT2D eigenvalue weighted by Gasteiger charge is -2.24. The van der Waals surface area contributed by atoms with E-state index in [1.807, 2.05) is 13.8 Å². The Morgan fingerprint density at radius 2 is 2.12 bits per heavy atom. The number of ether oxygens (including phenoxy) is 1. The number of phenolic OH excluding ortho intramolecular Hbond substituents is 2. The van der Waals surface area contributed by atoms with Crippen molar-refractivity contribution in [2.45, 2.75) is 32.3 Å². The number of rotatable bonds is 2. The minimum absolute atomic E-state index is 0.0164. The number of hydrogen-bond acceptors (Lipinski definition) is 4. The first kappa shape index (κ1) is 11.8. The Labute approximate surface area is 99.8 Å². The van der Waals surface area contributed by atoms with Crippen molar-refractivity contribution in [2.75, 3.05) is 0 Å². The highest BCUT2D eigenvalue weighted by molar-refractivity contribution is 5.72. The van der Waals surface area contributed by atoms with Crippen LogP contribution >= 0.6 is 0 Å². The fraction of sp³-hybridized carbons (Fsp3) is 0.462. The monoisotopic (exact) mass is 236 g/mol. The molecule has 17 heavy (non-hydrogen) atoms. The second-order valence-electron chi connectivity index (χ2n) is 5.00. The van der Waals surface area contributed by atoms with E-state index in [0.29, 0.717) is 18.4 Å². The van der Waals surface area contributed by atoms with Gasteiger partial charge in [0.2, 0.25) is 0 Å². The summed E-state index contributed by atoms with van der Waals surface area (Å²) in [5.74, 6) is 0.0566. The lowest BCUT2D eigenvalue weighted by Crippen LogP contribution is -2.28. The highest BCUT2D eigenvalue weighted by atomic mass is 16.6. The average Bonchev–Trinajstić information content (AvgIpc) is 2.46. The van der Waals surface area contributed by atoms with Gasteiger partial charge in [-0.1, -0.05) is 0 Å². The lowest BCUT2D eigenvalue weighted by molar-refractivity contribution is -0.146. The number of benzene rings is 1. The lowest BCUT2D eigenvalue weighted by atomic mass is 9.85. The second kappa shape index (κ2) is 3.95. The van der Waals surface area contributed by atoms with Crippen LogP contribution in [-0.2, 0) is 16.0 Å². The zero-order valence-corrected chi connectivity index (χ0v) is 9.93. The number of phenols is 2. The Bertz CT molecular complexity index is 451. The minimum atomic E-state index is -0.519. The molecule has 4 heteroatoms. The van der Waals surface area contributed by atoms with Gasteiger partial charge in [-0.05, 0) is 44.0 Å². The van der Waals surface area contributed by atoms with Crippen LogP contribution in [0.4, 0.5) is 0 Å². The molecule has 1 aromatic carbocycles. The Morgan fingerprint density at radius 3 is 2.71 bits per heavy atom. The van der Waals surface area contributed by atoms with Crippen molar-refractivity contribution in [2.24, 2.45) is 5.92 Å². The third kappa shape index (κ3) is 2.35. The van der Waals surface area contributed by atoms with Gasteiger partial charge in [-0.15, -0.1) is 0 Å². The summed E-state index contributed by atoms with van der Waals surface area (Å²) in [5, 5.41) is 19.1. The van der Waals surface area contributed by atoms with Crippen LogP contribution < -0.4 is 0 Å². The maximum atomic E-state index is 11.3. The predicted molar refractivity (Wildman–Crippen MR) is 61.8 cm³/mol. The van der Waals surface area contributed by atoms with Crippen LogP contribution in [-0.4, -0.2) is 21.8 Å². The van der Waals surface area contributed by atoms with Gasteiger partial charge < -0.3 is 14.9 Å². The number of carbonyl (C=O) groups is 1. The SMILES string of the molecule is CC1(C)OC(=O)CC1Cc1cc(O)ccc1O. The molecule has 1 aromatic rings. The first-order chi connectivity index (χ1) is 7.88. The van der Waals surface area contributed by atoms with Crippen molar-refractivity contribution >= 4 is 5.97 Å². The topological polar surface area (TPSA) is 66.8 Å². The standard InChI is InChI=1S/C13H16O4/c1-13(2)9(7-12(16)17-13)5-8-6-10(14)3-4-11(8)15/h3-4,6,9,14-15H,5,7H2,1-2H3. The molecule has 1 aliphatic rings. The third-order valence-corrected chi connectivity index (χ3v) is 3.30. The van der Waals surface area contributed by atoms with Crippen LogP contribution in [0.3, 0.4) is 0 Å². The van der Waals surface area contributed by atoms with Crippen LogP contribution in [0.25, 0.3) is 0 Å². The van der Waals surface area contributed by atoms with Crippen LogP contribution in [0.2, 0.25) is 0 Å². The van der Waals surface area contributed by atoms with E-state index >= 15 is 0 Å². The molecule has 0 bridgehead atoms. The summed E-state index contributed by atoms with van der Waals surface area (Å²) in [6, 6.07) is 4.41. The summed E-state index contributed by atoms with van der Waals surface area (Å²) < 4.78 is 5.22. The van der Waals surface area contributed by atoms with Gasteiger partial charge in [0.05, 0.1) is 6.42 Å². The number of cyclic esters (lactones) is 1. The molecule has 2 N–H and O–H groups in total. The van der Waals surface area contributed by atoms with Crippen LogP contribution in [0.5, 0.6) is 11.5 Å².